The molecule has 0 amide bonds. The van der Waals surface area contributed by atoms with Crippen molar-refractivity contribution < 1.29 is 9.59 Å². The van der Waals surface area contributed by atoms with Crippen molar-refractivity contribution >= 4 is 27.5 Å². The minimum atomic E-state index is -0.630. The van der Waals surface area contributed by atoms with E-state index < -0.39 is 10.8 Å². The molecule has 0 bridgehead atoms. The quantitative estimate of drug-likeness (QED) is 0.313. The van der Waals surface area contributed by atoms with Crippen molar-refractivity contribution in [1.82, 2.24) is 9.78 Å². The molecule has 0 N–H and O–H groups in total. The molecule has 39 heavy (non-hydrogen) atoms. The monoisotopic (exact) mass is 591 g/mol. The zero-order valence-corrected chi connectivity index (χ0v) is 26.1. The molecule has 6 rings (SSSR count). The summed E-state index contributed by atoms with van der Waals surface area (Å²) in [5, 5.41) is 4.84. The van der Waals surface area contributed by atoms with E-state index in [4.69, 9.17) is 11.7 Å². The van der Waals surface area contributed by atoms with Crippen LogP contribution in [0.15, 0.2) is 40.3 Å². The van der Waals surface area contributed by atoms with Crippen LogP contribution in [0, 0.1) is 57.8 Å². The Hall–Kier alpha value is -2.00. The summed E-state index contributed by atoms with van der Waals surface area (Å²) < 4.78 is 3.19. The second-order valence-corrected chi connectivity index (χ2v) is 15.8. The van der Waals surface area contributed by atoms with E-state index in [1.54, 1.807) is 0 Å². The molecule has 5 nitrogen and oxygen atoms in total. The summed E-state index contributed by atoms with van der Waals surface area (Å²) in [6.45, 7) is 23.6. The highest BCUT2D eigenvalue weighted by Crippen LogP contribution is 2.74. The van der Waals surface area contributed by atoms with Gasteiger partial charge >= 0.3 is 0 Å². The van der Waals surface area contributed by atoms with Gasteiger partial charge in [0.05, 0.1) is 22.8 Å². The predicted octanol–water partition coefficient (Wildman–Crippen LogP) is 7.78. The third-order valence-electron chi connectivity index (χ3n) is 13.2. The molecule has 0 aliphatic heterocycles. The van der Waals surface area contributed by atoms with E-state index >= 15 is 0 Å². The number of nitrogens with zero attached hydrogens (tertiary/aromatic N) is 3. The van der Waals surface area contributed by atoms with Crippen molar-refractivity contribution in [3.63, 3.8) is 0 Å². The van der Waals surface area contributed by atoms with E-state index in [1.165, 1.54) is 5.57 Å². The fraction of sp³-hybridized carbons (Fsp3) is 0.697. The number of rotatable bonds is 1. The Morgan fingerprint density at radius 1 is 1.05 bits per heavy atom. The van der Waals surface area contributed by atoms with Crippen LogP contribution in [-0.4, -0.2) is 21.3 Å². The van der Waals surface area contributed by atoms with E-state index in [2.05, 4.69) is 66.3 Å². The van der Waals surface area contributed by atoms with Gasteiger partial charge in [-0.2, -0.15) is 5.10 Å². The van der Waals surface area contributed by atoms with Crippen molar-refractivity contribution in [3.8, 4) is 0 Å². The molecule has 208 valence electrons. The van der Waals surface area contributed by atoms with Crippen molar-refractivity contribution in [2.45, 2.75) is 92.5 Å². The lowest BCUT2D eigenvalue weighted by molar-refractivity contribution is -0.174. The number of carbonyl (C=O) groups excluding carboxylic acids is 2. The molecule has 3 saturated carbocycles. The van der Waals surface area contributed by atoms with Crippen LogP contribution in [0.2, 0.25) is 0 Å². The van der Waals surface area contributed by atoms with E-state index in [1.807, 2.05) is 32.2 Å². The van der Waals surface area contributed by atoms with Gasteiger partial charge in [-0.25, -0.2) is 4.85 Å². The second-order valence-electron chi connectivity index (χ2n) is 14.9. The maximum absolute atomic E-state index is 14.6. The topological polar surface area (TPSA) is 56.3 Å². The number of fused-ring (bicyclic) bond motifs is 7. The molecule has 1 aromatic heterocycles. The molecule has 0 saturated heterocycles. The zero-order valence-electron chi connectivity index (χ0n) is 24.5. The molecule has 0 aromatic carbocycles. The van der Waals surface area contributed by atoms with E-state index in [9.17, 15) is 9.59 Å². The summed E-state index contributed by atoms with van der Waals surface area (Å²) >= 11 is 3.64. The number of ketones is 2. The number of aromatic nitrogens is 2. The third kappa shape index (κ3) is 3.20. The highest BCUT2D eigenvalue weighted by molar-refractivity contribution is 9.10. The number of halogens is 1. The Morgan fingerprint density at radius 2 is 1.77 bits per heavy atom. The lowest BCUT2D eigenvalue weighted by Crippen LogP contribution is -2.67. The maximum atomic E-state index is 14.6. The zero-order chi connectivity index (χ0) is 28.3. The van der Waals surface area contributed by atoms with Gasteiger partial charge in [-0.1, -0.05) is 60.1 Å². The standard InChI is InChI=1S/C33H42BrN3O2/c1-19-9-12-33(37-18-21(34)17-36-37)14-13-32(7)27(26(33)20(19)2)23(38)15-25-30(5)16-22(35-8)28(39)29(3,4)24(30)10-11-31(25,32)6/h15-20,24,26-27H,9-14H2,1-7H3/t19-,20+,24+,26+,27-,30+,31-,32-,33+/m1/s1. The van der Waals surface area contributed by atoms with E-state index in [0.29, 0.717) is 11.8 Å². The molecule has 0 unspecified atom stereocenters. The smallest absolute Gasteiger partial charge is 0.226 e. The highest BCUT2D eigenvalue weighted by Gasteiger charge is 2.70. The highest BCUT2D eigenvalue weighted by atomic mass is 79.9. The summed E-state index contributed by atoms with van der Waals surface area (Å²) in [6, 6.07) is 0. The molecular weight excluding hydrogens is 550 g/mol. The molecule has 1 aromatic rings. The number of hydrogen-bond donors (Lipinski definition) is 0. The summed E-state index contributed by atoms with van der Waals surface area (Å²) in [6.07, 6.45) is 14.0. The number of allylic oxidation sites excluding steroid dienone is 4. The van der Waals surface area contributed by atoms with E-state index in [0.717, 1.165) is 43.0 Å². The van der Waals surface area contributed by atoms with Gasteiger partial charge in [-0.05, 0) is 95.0 Å². The van der Waals surface area contributed by atoms with Crippen LogP contribution in [0.4, 0.5) is 0 Å². The van der Waals surface area contributed by atoms with Gasteiger partial charge in [0.25, 0.3) is 0 Å². The van der Waals surface area contributed by atoms with E-state index in [-0.39, 0.29) is 51.4 Å². The lowest BCUT2D eigenvalue weighted by Gasteiger charge is -2.69. The normalized spacial score (nSPS) is 46.6. The maximum Gasteiger partial charge on any atom is 0.226 e. The van der Waals surface area contributed by atoms with Gasteiger partial charge in [-0.15, -0.1) is 0 Å². The van der Waals surface area contributed by atoms with Crippen LogP contribution in [0.5, 0.6) is 0 Å². The van der Waals surface area contributed by atoms with Crippen LogP contribution in [0.1, 0.15) is 87.0 Å². The van der Waals surface area contributed by atoms with Gasteiger partial charge in [0, 0.05) is 22.9 Å². The summed E-state index contributed by atoms with van der Waals surface area (Å²) in [7, 11) is 0. The van der Waals surface area contributed by atoms with Gasteiger partial charge < -0.3 is 4.79 Å². The molecule has 6 heteroatoms. The Balaban J connectivity index is 1.55. The fourth-order valence-corrected chi connectivity index (χ4v) is 11.0. The molecule has 5 aliphatic rings. The largest absolute Gasteiger partial charge is 0.307 e. The number of carbonyl (C=O) groups is 2. The Labute approximate surface area is 241 Å². The first-order valence-electron chi connectivity index (χ1n) is 14.8. The minimum Gasteiger partial charge on any atom is -0.307 e. The molecule has 3 fully saturated rings. The molecule has 0 spiro atoms. The predicted molar refractivity (Wildman–Crippen MR) is 155 cm³/mol. The summed E-state index contributed by atoms with van der Waals surface area (Å²) in [4.78, 5) is 31.6. The van der Waals surface area contributed by atoms with Crippen LogP contribution in [-0.2, 0) is 15.1 Å². The van der Waals surface area contributed by atoms with Crippen LogP contribution < -0.4 is 0 Å². The Kier molecular flexibility index (Phi) is 5.77. The van der Waals surface area contributed by atoms with Crippen LogP contribution >= 0.6 is 15.9 Å². The molecule has 0 radical (unpaired) electrons. The number of hydrogen-bond acceptors (Lipinski definition) is 3. The summed E-state index contributed by atoms with van der Waals surface area (Å²) in [5.74, 6) is 1.36. The van der Waals surface area contributed by atoms with Gasteiger partial charge in [-0.3, -0.25) is 9.48 Å². The Morgan fingerprint density at radius 3 is 2.41 bits per heavy atom. The van der Waals surface area contributed by atoms with Gasteiger partial charge in [0.1, 0.15) is 0 Å². The molecule has 1 heterocycles. The minimum absolute atomic E-state index is 0.0479. The average molecular weight is 593 g/mol. The van der Waals surface area contributed by atoms with Crippen molar-refractivity contribution in [1.29, 1.82) is 0 Å². The molecular formula is C33H42BrN3O2. The van der Waals surface area contributed by atoms with Crippen LogP contribution in [0.25, 0.3) is 4.85 Å². The van der Waals surface area contributed by atoms with Crippen molar-refractivity contribution in [2.75, 3.05) is 0 Å². The molecule has 9 atom stereocenters. The summed E-state index contributed by atoms with van der Waals surface area (Å²) in [5.41, 5.74) is -0.252. The number of Topliss-reactive ketones (excluding diaryl/α,β-unsaturated/α-hetero) is 1. The second kappa shape index (κ2) is 8.28. The first kappa shape index (κ1) is 27.2. The molecule has 5 aliphatic carbocycles. The van der Waals surface area contributed by atoms with Crippen LogP contribution in [0.3, 0.4) is 0 Å². The van der Waals surface area contributed by atoms with Crippen molar-refractivity contribution in [3.05, 3.63) is 51.7 Å². The first-order valence-corrected chi connectivity index (χ1v) is 15.6. The first-order chi connectivity index (χ1) is 18.2. The lowest BCUT2D eigenvalue weighted by atomic mass is 9.35. The van der Waals surface area contributed by atoms with Gasteiger partial charge in [0.15, 0.2) is 11.6 Å². The SMILES string of the molecule is [C-]#[N+]C1=C[C@]2(C)C3=CC(=O)[C@@H]4[C@@H]5[C@@H](C)[C@H](C)CC[C@]5(n5cc(Br)cn5)CC[C@@]4(C)[C@]3(C)CC[C@H]2C(C)(C)C1=O. The van der Waals surface area contributed by atoms with Crippen molar-refractivity contribution in [2.24, 2.45) is 51.2 Å². The van der Waals surface area contributed by atoms with Gasteiger partial charge in [0.2, 0.25) is 5.70 Å². The third-order valence-corrected chi connectivity index (χ3v) is 13.6. The Bertz CT molecular complexity index is 1380. The fourth-order valence-electron chi connectivity index (χ4n) is 10.7. The average Bonchev–Trinajstić information content (AvgIpc) is 3.32.